The van der Waals surface area contributed by atoms with Crippen molar-refractivity contribution in [2.75, 3.05) is 0 Å². The molecule has 0 radical (unpaired) electrons. The predicted octanol–water partition coefficient (Wildman–Crippen LogP) is 4.37. The number of benzene rings is 1. The quantitative estimate of drug-likeness (QED) is 0.519. The molecule has 0 saturated heterocycles. The maximum absolute atomic E-state index is 10.9. The number of rotatable bonds is 3. The van der Waals surface area contributed by atoms with E-state index in [9.17, 15) is 10.1 Å². The van der Waals surface area contributed by atoms with E-state index >= 15 is 0 Å². The van der Waals surface area contributed by atoms with Crippen LogP contribution in [0.1, 0.15) is 37.3 Å². The Kier molecular flexibility index (Phi) is 3.79. The summed E-state index contributed by atoms with van der Waals surface area (Å²) in [4.78, 5) is 18.1. The third-order valence-electron chi connectivity index (χ3n) is 3.89. The lowest BCUT2D eigenvalue weighted by Crippen LogP contribution is -2.00. The lowest BCUT2D eigenvalue weighted by Gasteiger charge is -2.11. The highest BCUT2D eigenvalue weighted by atomic mass is 32.1. The van der Waals surface area contributed by atoms with E-state index < -0.39 is 4.92 Å². The largest absolute Gasteiger partial charge is 0.343 e. The van der Waals surface area contributed by atoms with Gasteiger partial charge in [0, 0.05) is 23.4 Å². The van der Waals surface area contributed by atoms with Crippen molar-refractivity contribution < 1.29 is 4.92 Å². The number of nitro benzene ring substituents is 1. The molecule has 0 bridgehead atoms. The maximum Gasteiger partial charge on any atom is 0.270 e. The van der Waals surface area contributed by atoms with E-state index in [-0.39, 0.29) is 5.69 Å². The fraction of sp³-hybridized carbons (Fsp3) is 0.333. The van der Waals surface area contributed by atoms with E-state index in [1.165, 1.54) is 25.0 Å². The molecule has 1 aliphatic rings. The highest BCUT2D eigenvalue weighted by Gasteiger charge is 2.19. The van der Waals surface area contributed by atoms with Crippen molar-refractivity contribution in [3.8, 4) is 11.4 Å². The number of nitro groups is 1. The summed E-state index contributed by atoms with van der Waals surface area (Å²) in [7, 11) is 0. The third kappa shape index (κ3) is 3.00. The Labute approximate surface area is 127 Å². The molecule has 108 valence electrons. The lowest BCUT2D eigenvalue weighted by molar-refractivity contribution is -0.384. The lowest BCUT2D eigenvalue weighted by atomic mass is 10.0. The van der Waals surface area contributed by atoms with Gasteiger partial charge in [0.05, 0.1) is 4.92 Å². The predicted molar refractivity (Wildman–Crippen MR) is 82.7 cm³/mol. The monoisotopic (exact) mass is 301 g/mol. The summed E-state index contributed by atoms with van der Waals surface area (Å²) in [6.45, 7) is 0. The molecule has 3 rings (SSSR count). The Hall–Kier alpha value is -2.08. The minimum Gasteiger partial charge on any atom is -0.343 e. The van der Waals surface area contributed by atoms with Gasteiger partial charge in [0.2, 0.25) is 0 Å². The van der Waals surface area contributed by atoms with Gasteiger partial charge >= 0.3 is 0 Å². The van der Waals surface area contributed by atoms with E-state index in [1.807, 2.05) is 6.07 Å². The molecular weight excluding hydrogens is 286 g/mol. The maximum atomic E-state index is 10.9. The average molecular weight is 301 g/mol. The summed E-state index contributed by atoms with van der Waals surface area (Å²) < 4.78 is 0.525. The molecule has 1 fully saturated rings. The molecule has 0 aliphatic heterocycles. The first kappa shape index (κ1) is 13.9. The molecule has 1 aromatic heterocycles. The zero-order valence-electron chi connectivity index (χ0n) is 11.4. The number of aromatic nitrogens is 2. The summed E-state index contributed by atoms with van der Waals surface area (Å²) in [5.41, 5.74) is 1.84. The fourth-order valence-corrected chi connectivity index (χ4v) is 3.05. The van der Waals surface area contributed by atoms with Gasteiger partial charge in [0.1, 0.15) is 10.5 Å². The normalized spacial score (nSPS) is 15.2. The average Bonchev–Trinajstić information content (AvgIpc) is 3.01. The van der Waals surface area contributed by atoms with Crippen molar-refractivity contribution in [1.29, 1.82) is 0 Å². The van der Waals surface area contributed by atoms with E-state index in [1.54, 1.807) is 12.1 Å². The van der Waals surface area contributed by atoms with Crippen molar-refractivity contribution in [3.05, 3.63) is 50.8 Å². The van der Waals surface area contributed by atoms with Crippen LogP contribution >= 0.6 is 12.2 Å². The van der Waals surface area contributed by atoms with E-state index in [2.05, 4.69) is 9.97 Å². The molecule has 1 aromatic carbocycles. The topological polar surface area (TPSA) is 71.8 Å². The zero-order chi connectivity index (χ0) is 14.8. The van der Waals surface area contributed by atoms with Gasteiger partial charge in [-0.3, -0.25) is 10.1 Å². The van der Waals surface area contributed by atoms with Crippen molar-refractivity contribution in [1.82, 2.24) is 9.97 Å². The van der Waals surface area contributed by atoms with Crippen LogP contribution in [0.3, 0.4) is 0 Å². The fourth-order valence-electron chi connectivity index (χ4n) is 2.84. The van der Waals surface area contributed by atoms with Gasteiger partial charge in [-0.2, -0.15) is 0 Å². The third-order valence-corrected chi connectivity index (χ3v) is 4.10. The van der Waals surface area contributed by atoms with Crippen molar-refractivity contribution in [2.24, 2.45) is 0 Å². The number of hydrogen-bond acceptors (Lipinski definition) is 4. The second-order valence-electron chi connectivity index (χ2n) is 5.31. The van der Waals surface area contributed by atoms with Crippen LogP contribution < -0.4 is 0 Å². The Morgan fingerprint density at radius 1 is 1.29 bits per heavy atom. The molecule has 0 spiro atoms. The van der Waals surface area contributed by atoms with Crippen molar-refractivity contribution >= 4 is 17.9 Å². The summed E-state index contributed by atoms with van der Waals surface area (Å²) in [6, 6.07) is 8.37. The number of H-pyrrole nitrogens is 1. The summed E-state index contributed by atoms with van der Waals surface area (Å²) in [5.74, 6) is 1.10. The molecule has 0 amide bonds. The Balaban J connectivity index is 2.03. The van der Waals surface area contributed by atoms with Crippen LogP contribution in [0.4, 0.5) is 5.69 Å². The van der Waals surface area contributed by atoms with E-state index in [0.717, 1.165) is 18.5 Å². The van der Waals surface area contributed by atoms with Crippen molar-refractivity contribution in [3.63, 3.8) is 0 Å². The van der Waals surface area contributed by atoms with Gasteiger partial charge in [-0.1, -0.05) is 37.2 Å². The van der Waals surface area contributed by atoms with Crippen LogP contribution in [0.25, 0.3) is 11.4 Å². The first-order valence-corrected chi connectivity index (χ1v) is 7.40. The minimum atomic E-state index is -0.404. The van der Waals surface area contributed by atoms with Crippen LogP contribution in [0.5, 0.6) is 0 Å². The number of aromatic amines is 1. The Bertz CT molecular complexity index is 736. The van der Waals surface area contributed by atoms with Gasteiger partial charge in [-0.15, -0.1) is 0 Å². The highest BCUT2D eigenvalue weighted by Crippen LogP contribution is 2.33. The highest BCUT2D eigenvalue weighted by molar-refractivity contribution is 7.71. The van der Waals surface area contributed by atoms with Gasteiger partial charge in [0.15, 0.2) is 0 Å². The molecule has 5 nitrogen and oxygen atoms in total. The first-order chi connectivity index (χ1) is 10.1. The molecule has 1 heterocycles. The number of nitrogens with zero attached hydrogens (tertiary/aromatic N) is 2. The first-order valence-electron chi connectivity index (χ1n) is 6.99. The smallest absolute Gasteiger partial charge is 0.270 e. The Morgan fingerprint density at radius 3 is 2.76 bits per heavy atom. The van der Waals surface area contributed by atoms with Gasteiger partial charge in [-0.25, -0.2) is 4.98 Å². The molecule has 1 N–H and O–H groups in total. The molecule has 1 saturated carbocycles. The minimum absolute atomic E-state index is 0.0555. The zero-order valence-corrected chi connectivity index (χ0v) is 12.2. The Morgan fingerprint density at radius 2 is 2.05 bits per heavy atom. The van der Waals surface area contributed by atoms with Crippen LogP contribution in [0, 0.1) is 14.8 Å². The molecule has 0 atom stereocenters. The van der Waals surface area contributed by atoms with Gasteiger partial charge < -0.3 is 4.98 Å². The molecule has 2 aromatic rings. The van der Waals surface area contributed by atoms with Gasteiger partial charge in [0.25, 0.3) is 5.69 Å². The van der Waals surface area contributed by atoms with Crippen LogP contribution in [0.2, 0.25) is 0 Å². The van der Waals surface area contributed by atoms with Crippen LogP contribution in [0.15, 0.2) is 30.3 Å². The molecule has 1 aliphatic carbocycles. The van der Waals surface area contributed by atoms with Crippen molar-refractivity contribution in [2.45, 2.75) is 31.6 Å². The molecule has 0 unspecified atom stereocenters. The van der Waals surface area contributed by atoms with Gasteiger partial charge in [-0.05, 0) is 24.8 Å². The number of hydrogen-bond donors (Lipinski definition) is 1. The molecule has 6 heteroatoms. The second-order valence-corrected chi connectivity index (χ2v) is 5.73. The van der Waals surface area contributed by atoms with Crippen LogP contribution in [-0.2, 0) is 0 Å². The van der Waals surface area contributed by atoms with E-state index in [0.29, 0.717) is 21.9 Å². The van der Waals surface area contributed by atoms with E-state index in [4.69, 9.17) is 12.2 Å². The second kappa shape index (κ2) is 5.73. The number of non-ortho nitro benzene ring substituents is 1. The number of nitrogens with one attached hydrogen (secondary N) is 1. The summed E-state index contributed by atoms with van der Waals surface area (Å²) in [5, 5.41) is 10.9. The molecule has 21 heavy (non-hydrogen) atoms. The summed E-state index contributed by atoms with van der Waals surface area (Å²) >= 11 is 5.24. The molecular formula is C15H15N3O2S. The summed E-state index contributed by atoms with van der Waals surface area (Å²) in [6.07, 6.45) is 4.78. The SMILES string of the molecule is O=[N+]([O-])c1cccc(-c2nc(=S)cc(C3CCCC3)[nH]2)c1. The standard InChI is InChI=1S/C15H15N3O2S/c19-18(20)12-7-3-6-11(8-12)15-16-13(9-14(21)17-15)10-4-1-2-5-10/h3,6-10H,1-2,4-5H2,(H,16,17,21). The van der Waals surface area contributed by atoms with Crippen LogP contribution in [-0.4, -0.2) is 14.9 Å².